The van der Waals surface area contributed by atoms with Crippen molar-refractivity contribution in [2.45, 2.75) is 27.3 Å². The fourth-order valence-electron chi connectivity index (χ4n) is 3.16. The van der Waals surface area contributed by atoms with Crippen LogP contribution in [-0.4, -0.2) is 21.9 Å². The Balaban J connectivity index is 2.43. The van der Waals surface area contributed by atoms with Gasteiger partial charge in [-0.1, -0.05) is 24.3 Å². The van der Waals surface area contributed by atoms with Gasteiger partial charge >= 0.3 is 0 Å². The minimum Gasteiger partial charge on any atom is -0.341 e. The maximum Gasteiger partial charge on any atom is 0.210 e. The molecule has 0 atom stereocenters. The van der Waals surface area contributed by atoms with Crippen LogP contribution in [0.3, 0.4) is 0 Å². The lowest BCUT2D eigenvalue weighted by Crippen LogP contribution is -2.23. The van der Waals surface area contributed by atoms with Crippen LogP contribution in [0.5, 0.6) is 0 Å². The van der Waals surface area contributed by atoms with Crippen LogP contribution in [-0.2, 0) is 6.54 Å². The minimum atomic E-state index is -0.235. The van der Waals surface area contributed by atoms with E-state index in [4.69, 9.17) is 0 Å². The van der Waals surface area contributed by atoms with Gasteiger partial charge in [-0.25, -0.2) is 0 Å². The fourth-order valence-corrected chi connectivity index (χ4v) is 3.16. The fraction of sp³-hybridized carbons (Fsp3) is 0.235. The zero-order valence-corrected chi connectivity index (χ0v) is 12.2. The van der Waals surface area contributed by atoms with Crippen molar-refractivity contribution >= 4 is 17.3 Å². The van der Waals surface area contributed by atoms with E-state index >= 15 is 0 Å². The van der Waals surface area contributed by atoms with E-state index < -0.39 is 0 Å². The van der Waals surface area contributed by atoms with Crippen molar-refractivity contribution in [2.24, 2.45) is 0 Å². The Labute approximate surface area is 122 Å². The quantitative estimate of drug-likeness (QED) is 0.679. The monoisotopic (exact) mass is 281 g/mol. The summed E-state index contributed by atoms with van der Waals surface area (Å²) in [5.41, 5.74) is 2.47. The van der Waals surface area contributed by atoms with Crippen LogP contribution < -0.4 is 0 Å². The molecule has 1 heterocycles. The topological polar surface area (TPSA) is 56.1 Å². The number of hydrogen-bond donors (Lipinski definition) is 0. The number of nitrogens with zero attached hydrogens (tertiary/aromatic N) is 1. The first kappa shape index (κ1) is 13.5. The van der Waals surface area contributed by atoms with Crippen LogP contribution in [0.25, 0.3) is 0 Å². The van der Waals surface area contributed by atoms with E-state index in [1.165, 1.54) is 6.92 Å². The molecule has 0 aliphatic heterocycles. The Bertz CT molecular complexity index is 812. The molecule has 1 aliphatic carbocycles. The van der Waals surface area contributed by atoms with E-state index in [-0.39, 0.29) is 22.9 Å². The first-order valence-corrected chi connectivity index (χ1v) is 6.91. The third kappa shape index (κ3) is 1.65. The summed E-state index contributed by atoms with van der Waals surface area (Å²) >= 11 is 0. The second-order valence-electron chi connectivity index (χ2n) is 5.19. The molecule has 0 radical (unpaired) electrons. The number of aromatic nitrogens is 1. The molecule has 0 spiro atoms. The molecule has 1 aliphatic rings. The highest BCUT2D eigenvalue weighted by Gasteiger charge is 2.37. The van der Waals surface area contributed by atoms with Crippen LogP contribution in [0.1, 0.15) is 61.9 Å². The summed E-state index contributed by atoms with van der Waals surface area (Å²) in [6, 6.07) is 6.77. The lowest BCUT2D eigenvalue weighted by molar-refractivity contribution is 0.0966. The molecule has 106 valence electrons. The molecule has 1 aromatic carbocycles. The van der Waals surface area contributed by atoms with E-state index in [1.807, 2.05) is 6.92 Å². The lowest BCUT2D eigenvalue weighted by atomic mass is 9.85. The molecule has 0 amide bonds. The maximum absolute atomic E-state index is 12.7. The van der Waals surface area contributed by atoms with Gasteiger partial charge in [-0.3, -0.25) is 14.4 Å². The molecule has 4 nitrogen and oxygen atoms in total. The molecular weight excluding hydrogens is 266 g/mol. The molecular formula is C17H15NO3. The summed E-state index contributed by atoms with van der Waals surface area (Å²) in [5, 5.41) is 0. The molecule has 0 unspecified atom stereocenters. The van der Waals surface area contributed by atoms with E-state index in [2.05, 4.69) is 0 Å². The van der Waals surface area contributed by atoms with Gasteiger partial charge in [0.2, 0.25) is 5.78 Å². The van der Waals surface area contributed by atoms with Crippen molar-refractivity contribution in [1.82, 2.24) is 4.57 Å². The summed E-state index contributed by atoms with van der Waals surface area (Å²) in [6.07, 6.45) is 0. The van der Waals surface area contributed by atoms with Gasteiger partial charge in [0, 0.05) is 28.9 Å². The smallest absolute Gasteiger partial charge is 0.210 e. The zero-order chi connectivity index (χ0) is 15.3. The number of hydrogen-bond acceptors (Lipinski definition) is 3. The Morgan fingerprint density at radius 1 is 1.10 bits per heavy atom. The van der Waals surface area contributed by atoms with Crippen LogP contribution in [0.15, 0.2) is 24.3 Å². The maximum atomic E-state index is 12.7. The molecule has 0 N–H and O–H groups in total. The van der Waals surface area contributed by atoms with Crippen LogP contribution in [0, 0.1) is 6.92 Å². The van der Waals surface area contributed by atoms with Crippen LogP contribution in [0.2, 0.25) is 0 Å². The second kappa shape index (κ2) is 4.52. The number of fused-ring (bicyclic) bond motifs is 2. The number of Topliss-reactive ketones (excluding diaryl/α,β-unsaturated/α-hetero) is 1. The standard InChI is InChI=1S/C17H15NO3/c1-4-18-9(2)13(10(3)19)14-15(18)17(21)12-8-6-5-7-11(12)16(14)20/h5-8H,4H2,1-3H3. The molecule has 1 aromatic heterocycles. The number of benzene rings is 1. The Hall–Kier alpha value is -2.49. The predicted octanol–water partition coefficient (Wildman–Crippen LogP) is 2.79. The normalized spacial score (nSPS) is 13.1. The highest BCUT2D eigenvalue weighted by molar-refractivity contribution is 6.30. The number of rotatable bonds is 2. The number of carbonyl (C=O) groups excluding carboxylic acids is 3. The highest BCUT2D eigenvalue weighted by atomic mass is 16.1. The van der Waals surface area contributed by atoms with Gasteiger partial charge < -0.3 is 4.57 Å². The minimum absolute atomic E-state index is 0.183. The van der Waals surface area contributed by atoms with E-state index in [0.717, 1.165) is 0 Å². The van der Waals surface area contributed by atoms with Gasteiger partial charge in [-0.15, -0.1) is 0 Å². The molecule has 3 rings (SSSR count). The van der Waals surface area contributed by atoms with Crippen molar-refractivity contribution in [1.29, 1.82) is 0 Å². The van der Waals surface area contributed by atoms with E-state index in [9.17, 15) is 14.4 Å². The SMILES string of the molecule is CCn1c(C)c(C(C)=O)c2c1C(=O)c1ccccc1C2=O. The van der Waals surface area contributed by atoms with E-state index in [0.29, 0.717) is 34.6 Å². The lowest BCUT2D eigenvalue weighted by Gasteiger charge is -2.16. The summed E-state index contributed by atoms with van der Waals surface area (Å²) in [4.78, 5) is 37.4. The van der Waals surface area contributed by atoms with Gasteiger partial charge in [0.1, 0.15) is 5.69 Å². The second-order valence-corrected chi connectivity index (χ2v) is 5.19. The summed E-state index contributed by atoms with van der Waals surface area (Å²) in [6.45, 7) is 5.66. The van der Waals surface area contributed by atoms with Crippen LogP contribution in [0.4, 0.5) is 0 Å². The van der Waals surface area contributed by atoms with Gasteiger partial charge in [-0.2, -0.15) is 0 Å². The predicted molar refractivity (Wildman–Crippen MR) is 78.2 cm³/mol. The van der Waals surface area contributed by atoms with Gasteiger partial charge in [0.05, 0.1) is 5.56 Å². The molecule has 0 bridgehead atoms. The van der Waals surface area contributed by atoms with Gasteiger partial charge in [-0.05, 0) is 20.8 Å². The molecule has 2 aromatic rings. The largest absolute Gasteiger partial charge is 0.341 e. The molecule has 4 heteroatoms. The first-order chi connectivity index (χ1) is 9.99. The van der Waals surface area contributed by atoms with Crippen molar-refractivity contribution in [2.75, 3.05) is 0 Å². The Kier molecular flexibility index (Phi) is 2.90. The van der Waals surface area contributed by atoms with Crippen molar-refractivity contribution in [3.8, 4) is 0 Å². The third-order valence-corrected chi connectivity index (χ3v) is 4.05. The Morgan fingerprint density at radius 2 is 1.67 bits per heavy atom. The average Bonchev–Trinajstić information content (AvgIpc) is 2.77. The molecule has 0 fully saturated rings. The van der Waals surface area contributed by atoms with E-state index in [1.54, 1.807) is 35.8 Å². The molecule has 0 saturated heterocycles. The third-order valence-electron chi connectivity index (χ3n) is 4.05. The van der Waals surface area contributed by atoms with Gasteiger partial charge in [0.15, 0.2) is 11.6 Å². The summed E-state index contributed by atoms with van der Waals surface area (Å²) < 4.78 is 1.77. The van der Waals surface area contributed by atoms with Crippen molar-refractivity contribution in [3.63, 3.8) is 0 Å². The first-order valence-electron chi connectivity index (χ1n) is 6.91. The number of carbonyl (C=O) groups is 3. The van der Waals surface area contributed by atoms with Crippen molar-refractivity contribution < 1.29 is 14.4 Å². The zero-order valence-electron chi connectivity index (χ0n) is 12.2. The highest BCUT2D eigenvalue weighted by Crippen LogP contribution is 2.33. The summed E-state index contributed by atoms with van der Waals surface area (Å²) in [5.74, 6) is -0.602. The van der Waals surface area contributed by atoms with Crippen LogP contribution >= 0.6 is 0 Å². The van der Waals surface area contributed by atoms with Gasteiger partial charge in [0.25, 0.3) is 0 Å². The molecule has 21 heavy (non-hydrogen) atoms. The molecule has 0 saturated carbocycles. The number of ketones is 3. The average molecular weight is 281 g/mol. The Morgan fingerprint density at radius 3 is 2.19 bits per heavy atom. The summed E-state index contributed by atoms with van der Waals surface area (Å²) in [7, 11) is 0. The van der Waals surface area contributed by atoms with Crippen molar-refractivity contribution in [3.05, 3.63) is 57.9 Å².